The van der Waals surface area contributed by atoms with Crippen molar-refractivity contribution in [2.45, 2.75) is 24.6 Å². The van der Waals surface area contributed by atoms with Crippen LogP contribution in [0.1, 0.15) is 16.8 Å². The lowest BCUT2D eigenvalue weighted by Gasteiger charge is -2.28. The van der Waals surface area contributed by atoms with E-state index in [0.717, 1.165) is 42.9 Å². The van der Waals surface area contributed by atoms with E-state index in [4.69, 9.17) is 9.72 Å². The average Bonchev–Trinajstić information content (AvgIpc) is 2.79. The number of nitrogens with one attached hydrogen (secondary N) is 1. The van der Waals surface area contributed by atoms with Crippen molar-refractivity contribution in [1.82, 2.24) is 15.3 Å². The van der Waals surface area contributed by atoms with E-state index in [1.165, 1.54) is 0 Å². The van der Waals surface area contributed by atoms with Crippen molar-refractivity contribution < 1.29 is 13.2 Å². The Morgan fingerprint density at radius 2 is 1.69 bits per heavy atom. The summed E-state index contributed by atoms with van der Waals surface area (Å²) in [7, 11) is -2.12. The van der Waals surface area contributed by atoms with Crippen LogP contribution in [0.5, 0.6) is 5.75 Å². The molecule has 1 N–H and O–H groups in total. The molecule has 3 heterocycles. The molecule has 1 aromatic carbocycles. The molecule has 0 unspecified atom stereocenters. The zero-order valence-corrected chi connectivity index (χ0v) is 19.4. The molecule has 0 bridgehead atoms. The fourth-order valence-electron chi connectivity index (χ4n) is 4.01. The van der Waals surface area contributed by atoms with Crippen molar-refractivity contribution in [1.29, 1.82) is 0 Å². The number of hydrogen-bond acceptors (Lipinski definition) is 7. The summed E-state index contributed by atoms with van der Waals surface area (Å²) < 4.78 is 31.9. The molecule has 7 nitrogen and oxygen atoms in total. The monoisotopic (exact) mass is 452 g/mol. The molecule has 2 aromatic heterocycles. The normalized spacial score (nSPS) is 14.4. The molecule has 0 atom stereocenters. The van der Waals surface area contributed by atoms with Crippen molar-refractivity contribution >= 4 is 15.7 Å². The van der Waals surface area contributed by atoms with Crippen LogP contribution in [-0.4, -0.2) is 51.7 Å². The number of piperazine rings is 1. The third kappa shape index (κ3) is 4.76. The van der Waals surface area contributed by atoms with E-state index >= 15 is 0 Å². The third-order valence-electron chi connectivity index (χ3n) is 5.63. The highest BCUT2D eigenvalue weighted by atomic mass is 32.2. The van der Waals surface area contributed by atoms with Crippen LogP contribution in [0, 0.1) is 13.8 Å². The van der Waals surface area contributed by atoms with Crippen LogP contribution in [0.2, 0.25) is 0 Å². The topological polar surface area (TPSA) is 84.4 Å². The maximum absolute atomic E-state index is 13.2. The number of aryl methyl sites for hydroxylation is 2. The second kappa shape index (κ2) is 9.26. The van der Waals surface area contributed by atoms with Crippen LogP contribution in [0.3, 0.4) is 0 Å². The van der Waals surface area contributed by atoms with Gasteiger partial charge in [-0.25, -0.2) is 13.4 Å². The van der Waals surface area contributed by atoms with E-state index < -0.39 is 9.84 Å². The number of ether oxygens (including phenoxy) is 1. The molecule has 0 radical (unpaired) electrons. The van der Waals surface area contributed by atoms with Crippen LogP contribution in [0.25, 0.3) is 11.3 Å². The van der Waals surface area contributed by atoms with Gasteiger partial charge in [0, 0.05) is 43.9 Å². The largest absolute Gasteiger partial charge is 0.497 e. The molecule has 1 saturated heterocycles. The Bertz CT molecular complexity index is 1200. The first-order valence-electron chi connectivity index (χ1n) is 10.6. The lowest BCUT2D eigenvalue weighted by Crippen LogP contribution is -2.44. The number of pyridine rings is 2. The Kier molecular flexibility index (Phi) is 6.43. The summed E-state index contributed by atoms with van der Waals surface area (Å²) >= 11 is 0. The zero-order chi connectivity index (χ0) is 22.7. The van der Waals surface area contributed by atoms with E-state index in [1.807, 2.05) is 44.2 Å². The predicted octanol–water partition coefficient (Wildman–Crippen LogP) is 3.15. The molecule has 0 saturated carbocycles. The summed E-state index contributed by atoms with van der Waals surface area (Å²) in [5, 5.41) is 3.35. The molecule has 1 aliphatic heterocycles. The molecule has 1 aliphatic rings. The first-order chi connectivity index (χ1) is 15.4. The number of sulfone groups is 1. The van der Waals surface area contributed by atoms with Gasteiger partial charge in [-0.3, -0.25) is 4.98 Å². The van der Waals surface area contributed by atoms with E-state index in [-0.39, 0.29) is 10.8 Å². The molecule has 1 fully saturated rings. The number of benzene rings is 1. The summed E-state index contributed by atoms with van der Waals surface area (Å²) in [4.78, 5) is 11.3. The van der Waals surface area contributed by atoms with Gasteiger partial charge in [0.2, 0.25) is 9.84 Å². The Balaban J connectivity index is 1.68. The molecule has 0 amide bonds. The Labute approximate surface area is 189 Å². The first kappa shape index (κ1) is 22.2. The average molecular weight is 453 g/mol. The van der Waals surface area contributed by atoms with Gasteiger partial charge in [0.1, 0.15) is 11.6 Å². The summed E-state index contributed by atoms with van der Waals surface area (Å²) in [5.41, 5.74) is 4.27. The van der Waals surface area contributed by atoms with Gasteiger partial charge < -0.3 is 15.0 Å². The van der Waals surface area contributed by atoms with Crippen molar-refractivity contribution in [2.75, 3.05) is 38.2 Å². The molecule has 32 heavy (non-hydrogen) atoms. The van der Waals surface area contributed by atoms with Gasteiger partial charge in [-0.1, -0.05) is 24.3 Å². The zero-order valence-electron chi connectivity index (χ0n) is 18.6. The van der Waals surface area contributed by atoms with Gasteiger partial charge in [-0.05, 0) is 37.1 Å². The second-order valence-electron chi connectivity index (χ2n) is 7.98. The Morgan fingerprint density at radius 3 is 2.38 bits per heavy atom. The number of methoxy groups -OCH3 is 1. The van der Waals surface area contributed by atoms with Gasteiger partial charge in [0.05, 0.1) is 24.3 Å². The van der Waals surface area contributed by atoms with Crippen LogP contribution >= 0.6 is 0 Å². The van der Waals surface area contributed by atoms with E-state index in [0.29, 0.717) is 23.0 Å². The molecule has 168 valence electrons. The Hall–Kier alpha value is -2.97. The maximum Gasteiger partial charge on any atom is 0.201 e. The van der Waals surface area contributed by atoms with Gasteiger partial charge in [-0.15, -0.1) is 0 Å². The molecule has 4 rings (SSSR count). The van der Waals surface area contributed by atoms with Gasteiger partial charge in [0.15, 0.2) is 5.03 Å². The quantitative estimate of drug-likeness (QED) is 0.615. The standard InChI is InChI=1S/C24H28N4O3S/c1-17-6-4-7-18(2)24(17)21-15-20(31-3)14-19(26-21)16-32(29,30)23-9-5-8-22(27-23)28-12-10-25-11-13-28/h4-9,14-15,25H,10-13,16H2,1-3H3. The maximum atomic E-state index is 13.2. The minimum absolute atomic E-state index is 0.0618. The number of rotatable bonds is 6. The van der Waals surface area contributed by atoms with Gasteiger partial charge in [0.25, 0.3) is 0 Å². The lowest BCUT2D eigenvalue weighted by molar-refractivity contribution is 0.414. The van der Waals surface area contributed by atoms with Crippen LogP contribution in [0.15, 0.2) is 53.6 Å². The number of nitrogens with zero attached hydrogens (tertiary/aromatic N) is 3. The van der Waals surface area contributed by atoms with Crippen LogP contribution in [-0.2, 0) is 15.6 Å². The van der Waals surface area contributed by atoms with Crippen molar-refractivity contribution in [3.63, 3.8) is 0 Å². The predicted molar refractivity (Wildman–Crippen MR) is 126 cm³/mol. The minimum atomic E-state index is -3.69. The second-order valence-corrected chi connectivity index (χ2v) is 9.92. The van der Waals surface area contributed by atoms with Crippen molar-refractivity contribution in [2.24, 2.45) is 0 Å². The summed E-state index contributed by atoms with van der Waals surface area (Å²) in [6, 6.07) is 14.7. The molecule has 0 aliphatic carbocycles. The lowest BCUT2D eigenvalue weighted by atomic mass is 9.99. The van der Waals surface area contributed by atoms with Crippen molar-refractivity contribution in [3.05, 3.63) is 65.4 Å². The molecule has 3 aromatic rings. The highest BCUT2D eigenvalue weighted by Crippen LogP contribution is 2.30. The number of hydrogen-bond donors (Lipinski definition) is 1. The fourth-order valence-corrected chi connectivity index (χ4v) is 5.22. The van der Waals surface area contributed by atoms with E-state index in [2.05, 4.69) is 15.2 Å². The number of anilines is 1. The first-order valence-corrected chi connectivity index (χ1v) is 12.3. The van der Waals surface area contributed by atoms with E-state index in [1.54, 1.807) is 25.3 Å². The molecule has 0 spiro atoms. The number of aromatic nitrogens is 2. The minimum Gasteiger partial charge on any atom is -0.497 e. The van der Waals surface area contributed by atoms with Gasteiger partial charge in [-0.2, -0.15) is 0 Å². The van der Waals surface area contributed by atoms with Crippen LogP contribution in [0.4, 0.5) is 5.82 Å². The third-order valence-corrected chi connectivity index (χ3v) is 7.17. The smallest absolute Gasteiger partial charge is 0.201 e. The fraction of sp³-hybridized carbons (Fsp3) is 0.333. The molecular formula is C24H28N4O3S. The summed E-state index contributed by atoms with van der Waals surface area (Å²) in [6.07, 6.45) is 0. The Morgan fingerprint density at radius 1 is 1.00 bits per heavy atom. The SMILES string of the molecule is COc1cc(CS(=O)(=O)c2cccc(N3CCNCC3)n2)nc(-c2c(C)cccc2C)c1. The van der Waals surface area contributed by atoms with Gasteiger partial charge >= 0.3 is 0 Å². The van der Waals surface area contributed by atoms with Crippen LogP contribution < -0.4 is 15.0 Å². The van der Waals surface area contributed by atoms with E-state index in [9.17, 15) is 8.42 Å². The molecule has 8 heteroatoms. The van der Waals surface area contributed by atoms with Crippen molar-refractivity contribution in [3.8, 4) is 17.0 Å². The molecular weight excluding hydrogens is 424 g/mol. The summed E-state index contributed by atoms with van der Waals surface area (Å²) in [5.74, 6) is 1.01. The highest BCUT2D eigenvalue weighted by Gasteiger charge is 2.22. The highest BCUT2D eigenvalue weighted by molar-refractivity contribution is 7.90. The summed E-state index contributed by atoms with van der Waals surface area (Å²) in [6.45, 7) is 7.35.